The summed E-state index contributed by atoms with van der Waals surface area (Å²) in [5, 5.41) is 37.3. The van der Waals surface area contributed by atoms with E-state index in [1.165, 1.54) is 0 Å². The fraction of sp³-hybridized carbons (Fsp3) is 1.00. The monoisotopic (exact) mass is 626 g/mol. The van der Waals surface area contributed by atoms with Crippen LogP contribution in [-0.2, 0) is 9.47 Å². The first-order valence-corrected chi connectivity index (χ1v) is 9.64. The molecule has 0 bridgehead atoms. The minimum atomic E-state index is -8.74. The smallest absolute Gasteiger partial charge is 0.394 e. The summed E-state index contributed by atoms with van der Waals surface area (Å²) in [4.78, 5) is 0. The molecule has 0 saturated carbocycles. The van der Waals surface area contributed by atoms with Gasteiger partial charge in [0, 0.05) is 6.42 Å². The average Bonchev–Trinajstić information content (AvgIpc) is 2.77. The van der Waals surface area contributed by atoms with Crippen molar-refractivity contribution in [1.82, 2.24) is 0 Å². The molecular formula is C16H15F17O6. The first-order valence-electron chi connectivity index (χ1n) is 9.64. The van der Waals surface area contributed by atoms with Crippen LogP contribution in [0.15, 0.2) is 0 Å². The van der Waals surface area contributed by atoms with Gasteiger partial charge in [0.1, 0.15) is 24.4 Å². The largest absolute Gasteiger partial charge is 0.460 e. The Morgan fingerprint density at radius 2 is 0.923 bits per heavy atom. The number of rotatable bonds is 11. The molecule has 6 nitrogen and oxygen atoms in total. The van der Waals surface area contributed by atoms with E-state index in [1.54, 1.807) is 0 Å². The second-order valence-electron chi connectivity index (χ2n) is 7.97. The van der Waals surface area contributed by atoms with Crippen molar-refractivity contribution in [3.8, 4) is 0 Å². The Balaban J connectivity index is 3.27. The number of hydrogen-bond acceptors (Lipinski definition) is 6. The summed E-state index contributed by atoms with van der Waals surface area (Å²) >= 11 is 0. The summed E-state index contributed by atoms with van der Waals surface area (Å²) in [7, 11) is 0. The van der Waals surface area contributed by atoms with Crippen molar-refractivity contribution in [2.75, 3.05) is 13.2 Å². The fourth-order valence-electron chi connectivity index (χ4n) is 2.86. The van der Waals surface area contributed by atoms with Crippen LogP contribution in [0.1, 0.15) is 6.42 Å². The van der Waals surface area contributed by atoms with Crippen LogP contribution < -0.4 is 0 Å². The Hall–Kier alpha value is -1.43. The zero-order valence-corrected chi connectivity index (χ0v) is 18.0. The van der Waals surface area contributed by atoms with Crippen LogP contribution >= 0.6 is 0 Å². The Morgan fingerprint density at radius 1 is 0.538 bits per heavy atom. The lowest BCUT2D eigenvalue weighted by molar-refractivity contribution is -0.462. The van der Waals surface area contributed by atoms with Gasteiger partial charge in [-0.15, -0.1) is 0 Å². The molecule has 0 amide bonds. The van der Waals surface area contributed by atoms with Crippen LogP contribution in [0.3, 0.4) is 0 Å². The summed E-state index contributed by atoms with van der Waals surface area (Å²) in [5.74, 6) is -57.4. The molecule has 4 N–H and O–H groups in total. The van der Waals surface area contributed by atoms with E-state index in [0.29, 0.717) is 0 Å². The van der Waals surface area contributed by atoms with Gasteiger partial charge in [0.05, 0.1) is 13.2 Å². The van der Waals surface area contributed by atoms with E-state index in [-0.39, 0.29) is 0 Å². The van der Waals surface area contributed by atoms with Crippen molar-refractivity contribution in [2.24, 2.45) is 0 Å². The molecule has 234 valence electrons. The van der Waals surface area contributed by atoms with Crippen LogP contribution in [0.4, 0.5) is 74.6 Å². The summed E-state index contributed by atoms with van der Waals surface area (Å²) in [6, 6.07) is 0. The van der Waals surface area contributed by atoms with Crippen LogP contribution in [0.5, 0.6) is 0 Å². The molecule has 0 aromatic rings. The molecule has 5 atom stereocenters. The van der Waals surface area contributed by atoms with Gasteiger partial charge in [-0.05, 0) is 0 Å². The predicted molar refractivity (Wildman–Crippen MR) is 85.0 cm³/mol. The molecule has 0 radical (unpaired) electrons. The SMILES string of the molecule is OC[C@H]1O[C@@H](OCCC(F)(F)C(F)(F)C(F)(F)C(F)(F)C(F)(F)C(F)(F)C(F)(F)C(F)(F)F)[C@H](O)[C@@H](O)[C@@H]1O. The van der Waals surface area contributed by atoms with Crippen molar-refractivity contribution >= 4 is 0 Å². The third-order valence-electron chi connectivity index (χ3n) is 5.33. The Bertz CT molecular complexity index is 846. The molecule has 1 saturated heterocycles. The van der Waals surface area contributed by atoms with Gasteiger partial charge in [-0.2, -0.15) is 74.6 Å². The van der Waals surface area contributed by atoms with Gasteiger partial charge in [0.15, 0.2) is 6.29 Å². The van der Waals surface area contributed by atoms with E-state index in [4.69, 9.17) is 5.11 Å². The van der Waals surface area contributed by atoms with E-state index in [2.05, 4.69) is 9.47 Å². The van der Waals surface area contributed by atoms with E-state index in [9.17, 15) is 90.0 Å². The zero-order valence-electron chi connectivity index (χ0n) is 18.0. The van der Waals surface area contributed by atoms with Gasteiger partial charge < -0.3 is 29.9 Å². The first kappa shape index (κ1) is 35.6. The fourth-order valence-corrected chi connectivity index (χ4v) is 2.86. The molecule has 1 aliphatic heterocycles. The predicted octanol–water partition coefficient (Wildman–Crippen LogP) is 3.20. The number of ether oxygens (including phenoxy) is 2. The lowest BCUT2D eigenvalue weighted by atomic mass is 9.88. The summed E-state index contributed by atoms with van der Waals surface area (Å²) < 4.78 is 233. The minimum absolute atomic E-state index is 1.17. The summed E-state index contributed by atoms with van der Waals surface area (Å²) in [6.07, 6.45) is -21.9. The second-order valence-corrected chi connectivity index (χ2v) is 7.97. The highest BCUT2D eigenvalue weighted by molar-refractivity contribution is 5.15. The molecule has 23 heteroatoms. The van der Waals surface area contributed by atoms with Gasteiger partial charge >= 0.3 is 47.6 Å². The zero-order chi connectivity index (χ0) is 31.4. The topological polar surface area (TPSA) is 99.4 Å². The van der Waals surface area contributed by atoms with Gasteiger partial charge in [0.2, 0.25) is 0 Å². The van der Waals surface area contributed by atoms with Crippen LogP contribution in [0, 0.1) is 0 Å². The molecule has 0 aromatic carbocycles. The minimum Gasteiger partial charge on any atom is -0.394 e. The Morgan fingerprint density at radius 3 is 1.31 bits per heavy atom. The maximum atomic E-state index is 13.8. The highest BCUT2D eigenvalue weighted by atomic mass is 19.4. The van der Waals surface area contributed by atoms with Crippen molar-refractivity contribution in [1.29, 1.82) is 0 Å². The lowest BCUT2D eigenvalue weighted by Crippen LogP contribution is -2.74. The van der Waals surface area contributed by atoms with Gasteiger partial charge in [0.25, 0.3) is 0 Å². The van der Waals surface area contributed by atoms with Crippen LogP contribution in [0.25, 0.3) is 0 Å². The molecule has 39 heavy (non-hydrogen) atoms. The Kier molecular flexibility index (Phi) is 9.53. The van der Waals surface area contributed by atoms with Crippen LogP contribution in [-0.4, -0.2) is 112 Å². The van der Waals surface area contributed by atoms with Gasteiger partial charge in [-0.3, -0.25) is 0 Å². The third-order valence-corrected chi connectivity index (χ3v) is 5.33. The van der Waals surface area contributed by atoms with Gasteiger partial charge in [-0.1, -0.05) is 0 Å². The molecule has 1 heterocycles. The van der Waals surface area contributed by atoms with E-state index < -0.39 is 98.0 Å². The highest BCUT2D eigenvalue weighted by Gasteiger charge is 2.95. The summed E-state index contributed by atoms with van der Waals surface area (Å²) in [5.41, 5.74) is 0. The molecular weight excluding hydrogens is 611 g/mol. The van der Waals surface area contributed by atoms with E-state index in [1.807, 2.05) is 0 Å². The molecule has 1 rings (SSSR count). The van der Waals surface area contributed by atoms with E-state index in [0.717, 1.165) is 0 Å². The number of halogens is 17. The average molecular weight is 626 g/mol. The van der Waals surface area contributed by atoms with Crippen molar-refractivity contribution in [3.05, 3.63) is 0 Å². The highest BCUT2D eigenvalue weighted by Crippen LogP contribution is 2.64. The molecule has 0 aliphatic carbocycles. The number of hydrogen-bond donors (Lipinski definition) is 4. The van der Waals surface area contributed by atoms with E-state index >= 15 is 0 Å². The van der Waals surface area contributed by atoms with Crippen molar-refractivity contribution in [3.63, 3.8) is 0 Å². The van der Waals surface area contributed by atoms with Crippen molar-refractivity contribution < 1.29 is 105 Å². The Labute approximate surface area is 203 Å². The lowest BCUT2D eigenvalue weighted by Gasteiger charge is -2.43. The standard InChI is InChI=1S/C16H15F17O6/c17-9(18,1-2-38-8-7(37)6(36)5(35)4(3-34)39-8)10(19,20)11(21,22)12(23,24)13(25,26)14(27,28)15(29,30)16(31,32)33/h4-8,34-37H,1-3H2/t4-,5-,6+,7-,8-/m1/s1. The number of aliphatic hydroxyl groups is 4. The number of aliphatic hydroxyl groups excluding tert-OH is 4. The number of alkyl halides is 17. The van der Waals surface area contributed by atoms with Crippen LogP contribution in [0.2, 0.25) is 0 Å². The molecule has 0 unspecified atom stereocenters. The second kappa shape index (κ2) is 10.4. The molecule has 1 fully saturated rings. The van der Waals surface area contributed by atoms with Gasteiger partial charge in [-0.25, -0.2) is 0 Å². The van der Waals surface area contributed by atoms with Crippen molar-refractivity contribution in [2.45, 2.75) is 84.8 Å². The molecule has 1 aliphatic rings. The summed E-state index contributed by atoms with van der Waals surface area (Å²) in [6.45, 7) is -3.28. The molecule has 0 aromatic heterocycles. The third kappa shape index (κ3) is 5.33. The molecule has 0 spiro atoms. The quantitative estimate of drug-likeness (QED) is 0.263. The first-order chi connectivity index (χ1) is 17.0. The maximum absolute atomic E-state index is 13.8. The maximum Gasteiger partial charge on any atom is 0.460 e. The normalized spacial score (nSPS) is 27.2.